The van der Waals surface area contributed by atoms with Gasteiger partial charge in [-0.2, -0.15) is 0 Å². The molecule has 0 saturated carbocycles. The van der Waals surface area contributed by atoms with Crippen molar-refractivity contribution < 1.29 is 4.74 Å². The van der Waals surface area contributed by atoms with E-state index in [1.54, 1.807) is 7.11 Å². The molecule has 0 aliphatic carbocycles. The number of rotatable bonds is 3. The summed E-state index contributed by atoms with van der Waals surface area (Å²) in [5, 5.41) is 0. The van der Waals surface area contributed by atoms with Crippen molar-refractivity contribution in [2.24, 2.45) is 0 Å². The quantitative estimate of drug-likeness (QED) is 0.642. The molecule has 0 unspecified atom stereocenters. The summed E-state index contributed by atoms with van der Waals surface area (Å²) in [4.78, 5) is 0. The summed E-state index contributed by atoms with van der Waals surface area (Å²) in [6.45, 7) is 4.23. The summed E-state index contributed by atoms with van der Waals surface area (Å²) in [5.41, 5.74) is 2.68. The SMILES string of the molecule is COc1ccc(CC=C(C)C)cc1. The molecule has 0 aliphatic rings. The average Bonchev–Trinajstić information content (AvgIpc) is 2.15. The van der Waals surface area contributed by atoms with Gasteiger partial charge in [-0.25, -0.2) is 0 Å². The first-order valence-electron chi connectivity index (χ1n) is 4.48. The lowest BCUT2D eigenvalue weighted by Gasteiger charge is -2.00. The van der Waals surface area contributed by atoms with E-state index in [2.05, 4.69) is 32.1 Å². The lowest BCUT2D eigenvalue weighted by molar-refractivity contribution is 0.414. The summed E-state index contributed by atoms with van der Waals surface area (Å²) >= 11 is 0. The fourth-order valence-electron chi connectivity index (χ4n) is 1.08. The van der Waals surface area contributed by atoms with Gasteiger partial charge in [0.1, 0.15) is 5.75 Å². The van der Waals surface area contributed by atoms with Crippen molar-refractivity contribution in [1.29, 1.82) is 0 Å². The van der Waals surface area contributed by atoms with Gasteiger partial charge in [0.2, 0.25) is 0 Å². The number of benzene rings is 1. The summed E-state index contributed by atoms with van der Waals surface area (Å²) in [6, 6.07) is 8.18. The molecule has 0 saturated heterocycles. The van der Waals surface area contributed by atoms with E-state index in [4.69, 9.17) is 4.74 Å². The second-order valence-electron chi connectivity index (χ2n) is 3.33. The van der Waals surface area contributed by atoms with Crippen LogP contribution in [-0.4, -0.2) is 7.11 Å². The molecule has 0 bridgehead atoms. The first kappa shape index (κ1) is 9.85. The molecular formula is C12H16O. The molecule has 13 heavy (non-hydrogen) atoms. The van der Waals surface area contributed by atoms with Crippen LogP contribution in [0.5, 0.6) is 5.75 Å². The van der Waals surface area contributed by atoms with Gasteiger partial charge in [-0.1, -0.05) is 23.8 Å². The van der Waals surface area contributed by atoms with Crippen molar-refractivity contribution in [3.63, 3.8) is 0 Å². The van der Waals surface area contributed by atoms with E-state index >= 15 is 0 Å². The third-order valence-electron chi connectivity index (χ3n) is 1.91. The van der Waals surface area contributed by atoms with Gasteiger partial charge in [-0.05, 0) is 38.0 Å². The number of ether oxygens (including phenoxy) is 1. The molecular weight excluding hydrogens is 160 g/mol. The third kappa shape index (κ3) is 3.32. The molecule has 1 rings (SSSR count). The summed E-state index contributed by atoms with van der Waals surface area (Å²) < 4.78 is 5.08. The smallest absolute Gasteiger partial charge is 0.118 e. The normalized spacial score (nSPS) is 9.46. The Morgan fingerprint density at radius 3 is 2.31 bits per heavy atom. The van der Waals surface area contributed by atoms with Crippen LogP contribution < -0.4 is 4.74 Å². The highest BCUT2D eigenvalue weighted by Crippen LogP contribution is 2.12. The van der Waals surface area contributed by atoms with Crippen LogP contribution >= 0.6 is 0 Å². The molecule has 1 heteroatoms. The largest absolute Gasteiger partial charge is 0.497 e. The molecule has 0 N–H and O–H groups in total. The zero-order valence-corrected chi connectivity index (χ0v) is 8.50. The van der Waals surface area contributed by atoms with Gasteiger partial charge in [0.05, 0.1) is 7.11 Å². The molecule has 1 aromatic rings. The summed E-state index contributed by atoms with van der Waals surface area (Å²) in [6.07, 6.45) is 3.23. The van der Waals surface area contributed by atoms with E-state index in [0.717, 1.165) is 12.2 Å². The zero-order valence-electron chi connectivity index (χ0n) is 8.50. The van der Waals surface area contributed by atoms with E-state index < -0.39 is 0 Å². The Hall–Kier alpha value is -1.24. The molecule has 0 heterocycles. The zero-order chi connectivity index (χ0) is 9.68. The van der Waals surface area contributed by atoms with Crippen molar-refractivity contribution in [2.45, 2.75) is 20.3 Å². The van der Waals surface area contributed by atoms with Gasteiger partial charge in [0.25, 0.3) is 0 Å². The molecule has 0 aromatic heterocycles. The Bertz CT molecular complexity index is 278. The standard InChI is InChI=1S/C12H16O/c1-10(2)4-5-11-6-8-12(13-3)9-7-11/h4,6-9H,5H2,1-3H3. The van der Waals surface area contributed by atoms with Gasteiger partial charge in [0, 0.05) is 0 Å². The van der Waals surface area contributed by atoms with Gasteiger partial charge in [-0.3, -0.25) is 0 Å². The Kier molecular flexibility index (Phi) is 3.56. The van der Waals surface area contributed by atoms with E-state index in [1.165, 1.54) is 11.1 Å². The van der Waals surface area contributed by atoms with E-state index in [-0.39, 0.29) is 0 Å². The van der Waals surface area contributed by atoms with Crippen LogP contribution in [0.15, 0.2) is 35.9 Å². The number of methoxy groups -OCH3 is 1. The van der Waals surface area contributed by atoms with Crippen LogP contribution in [0.25, 0.3) is 0 Å². The number of hydrogen-bond donors (Lipinski definition) is 0. The highest BCUT2D eigenvalue weighted by atomic mass is 16.5. The minimum atomic E-state index is 0.918. The van der Waals surface area contributed by atoms with Crippen molar-refractivity contribution in [2.75, 3.05) is 7.11 Å². The predicted molar refractivity (Wildman–Crippen MR) is 56.1 cm³/mol. The summed E-state index contributed by atoms with van der Waals surface area (Å²) in [7, 11) is 1.69. The molecule has 0 atom stereocenters. The van der Waals surface area contributed by atoms with Gasteiger partial charge in [0.15, 0.2) is 0 Å². The van der Waals surface area contributed by atoms with Gasteiger partial charge < -0.3 is 4.74 Å². The molecule has 0 radical (unpaired) electrons. The van der Waals surface area contributed by atoms with E-state index in [9.17, 15) is 0 Å². The van der Waals surface area contributed by atoms with E-state index in [1.807, 2.05) is 12.1 Å². The van der Waals surface area contributed by atoms with Crippen LogP contribution in [0.4, 0.5) is 0 Å². The fraction of sp³-hybridized carbons (Fsp3) is 0.333. The van der Waals surface area contributed by atoms with Gasteiger partial charge in [-0.15, -0.1) is 0 Å². The van der Waals surface area contributed by atoms with Crippen molar-refractivity contribution >= 4 is 0 Å². The lowest BCUT2D eigenvalue weighted by atomic mass is 10.1. The Morgan fingerprint density at radius 2 is 1.85 bits per heavy atom. The Labute approximate surface area is 80.0 Å². The second-order valence-corrected chi connectivity index (χ2v) is 3.33. The van der Waals surface area contributed by atoms with Crippen molar-refractivity contribution in [1.82, 2.24) is 0 Å². The van der Waals surface area contributed by atoms with E-state index in [0.29, 0.717) is 0 Å². The van der Waals surface area contributed by atoms with Crippen LogP contribution in [0.3, 0.4) is 0 Å². The lowest BCUT2D eigenvalue weighted by Crippen LogP contribution is -1.84. The molecule has 0 spiro atoms. The average molecular weight is 176 g/mol. The highest BCUT2D eigenvalue weighted by Gasteiger charge is 1.91. The molecule has 0 amide bonds. The molecule has 0 fully saturated rings. The second kappa shape index (κ2) is 4.70. The van der Waals surface area contributed by atoms with Crippen molar-refractivity contribution in [3.05, 3.63) is 41.5 Å². The maximum absolute atomic E-state index is 5.08. The fourth-order valence-corrected chi connectivity index (χ4v) is 1.08. The highest BCUT2D eigenvalue weighted by molar-refractivity contribution is 5.28. The maximum atomic E-state index is 5.08. The Balaban J connectivity index is 2.64. The number of allylic oxidation sites excluding steroid dienone is 2. The van der Waals surface area contributed by atoms with Gasteiger partial charge >= 0.3 is 0 Å². The first-order chi connectivity index (χ1) is 6.22. The van der Waals surface area contributed by atoms with Crippen LogP contribution in [0, 0.1) is 0 Å². The molecule has 1 nitrogen and oxygen atoms in total. The topological polar surface area (TPSA) is 9.23 Å². The summed E-state index contributed by atoms with van der Waals surface area (Å²) in [5.74, 6) is 0.918. The van der Waals surface area contributed by atoms with Crippen LogP contribution in [0.2, 0.25) is 0 Å². The monoisotopic (exact) mass is 176 g/mol. The van der Waals surface area contributed by atoms with Crippen LogP contribution in [-0.2, 0) is 6.42 Å². The minimum Gasteiger partial charge on any atom is -0.497 e. The molecule has 1 aromatic carbocycles. The molecule has 70 valence electrons. The minimum absolute atomic E-state index is 0.918. The molecule has 0 aliphatic heterocycles. The van der Waals surface area contributed by atoms with Crippen LogP contribution in [0.1, 0.15) is 19.4 Å². The predicted octanol–water partition coefficient (Wildman–Crippen LogP) is 3.20. The maximum Gasteiger partial charge on any atom is 0.118 e. The Morgan fingerprint density at radius 1 is 1.23 bits per heavy atom. The first-order valence-corrected chi connectivity index (χ1v) is 4.48. The third-order valence-corrected chi connectivity index (χ3v) is 1.91. The number of hydrogen-bond acceptors (Lipinski definition) is 1. The van der Waals surface area contributed by atoms with Crippen molar-refractivity contribution in [3.8, 4) is 5.75 Å².